The van der Waals surface area contributed by atoms with Crippen LogP contribution in [0.5, 0.6) is 0 Å². The maximum absolute atomic E-state index is 11.8. The molecule has 0 fully saturated rings. The van der Waals surface area contributed by atoms with Crippen molar-refractivity contribution in [1.82, 2.24) is 5.16 Å². The number of nitrogens with zero attached hydrogens (tertiary/aromatic N) is 1. The van der Waals surface area contributed by atoms with Crippen LogP contribution < -0.4 is 5.32 Å². The molecule has 6 nitrogen and oxygen atoms in total. The van der Waals surface area contributed by atoms with Gasteiger partial charge in [0.1, 0.15) is 0 Å². The number of rotatable bonds is 6. The van der Waals surface area contributed by atoms with Gasteiger partial charge in [0.05, 0.1) is 5.69 Å². The minimum Gasteiger partial charge on any atom is -0.450 e. The smallest absolute Gasteiger partial charge is 0.377 e. The molecule has 0 radical (unpaired) electrons. The van der Waals surface area contributed by atoms with Crippen molar-refractivity contribution >= 4 is 17.6 Å². The van der Waals surface area contributed by atoms with Crippen LogP contribution in [0.2, 0.25) is 0 Å². The number of hydrogen-bond acceptors (Lipinski definition) is 5. The second kappa shape index (κ2) is 7.58. The Morgan fingerprint density at radius 2 is 2.00 bits per heavy atom. The van der Waals surface area contributed by atoms with Gasteiger partial charge in [-0.2, -0.15) is 0 Å². The third-order valence-electron chi connectivity index (χ3n) is 3.54. The van der Waals surface area contributed by atoms with Gasteiger partial charge in [0.2, 0.25) is 5.76 Å². The van der Waals surface area contributed by atoms with Gasteiger partial charge < -0.3 is 14.6 Å². The van der Waals surface area contributed by atoms with Crippen molar-refractivity contribution in [2.24, 2.45) is 0 Å². The van der Waals surface area contributed by atoms with Crippen LogP contribution in [0.4, 0.5) is 5.69 Å². The van der Waals surface area contributed by atoms with Crippen molar-refractivity contribution in [2.45, 2.75) is 33.1 Å². The Balaban J connectivity index is 1.83. The summed E-state index contributed by atoms with van der Waals surface area (Å²) in [5.74, 6) is -0.668. The second-order valence-corrected chi connectivity index (χ2v) is 5.39. The number of carbonyl (C=O) groups excluding carboxylic acids is 2. The first-order chi connectivity index (χ1) is 11.0. The molecule has 0 saturated carbocycles. The molecule has 0 aliphatic rings. The Labute approximate surface area is 134 Å². The Kier molecular flexibility index (Phi) is 5.51. The maximum atomic E-state index is 11.8. The molecule has 23 heavy (non-hydrogen) atoms. The lowest BCUT2D eigenvalue weighted by Gasteiger charge is -2.10. The lowest BCUT2D eigenvalue weighted by atomic mass is 9.99. The van der Waals surface area contributed by atoms with Crippen molar-refractivity contribution < 1.29 is 18.8 Å². The molecule has 0 bridgehead atoms. The molecule has 1 amide bonds. The number of anilines is 1. The Hall–Kier alpha value is -2.63. The van der Waals surface area contributed by atoms with Crippen LogP contribution >= 0.6 is 0 Å². The fourth-order valence-corrected chi connectivity index (χ4v) is 1.99. The summed E-state index contributed by atoms with van der Waals surface area (Å²) in [7, 11) is 0. The number of ether oxygens (including phenoxy) is 1. The number of aryl methyl sites for hydroxylation is 1. The van der Waals surface area contributed by atoms with E-state index in [4.69, 9.17) is 9.26 Å². The third-order valence-corrected chi connectivity index (χ3v) is 3.54. The van der Waals surface area contributed by atoms with E-state index in [-0.39, 0.29) is 12.4 Å². The third kappa shape index (κ3) is 4.67. The molecule has 122 valence electrons. The highest BCUT2D eigenvalue weighted by Gasteiger charge is 2.15. The van der Waals surface area contributed by atoms with Crippen molar-refractivity contribution in [3.8, 4) is 0 Å². The maximum Gasteiger partial charge on any atom is 0.377 e. The van der Waals surface area contributed by atoms with E-state index in [1.807, 2.05) is 24.3 Å². The molecule has 1 aromatic carbocycles. The first-order valence-electron chi connectivity index (χ1n) is 7.50. The zero-order chi connectivity index (χ0) is 16.8. The fourth-order valence-electron chi connectivity index (χ4n) is 1.99. The monoisotopic (exact) mass is 316 g/mol. The van der Waals surface area contributed by atoms with Crippen molar-refractivity contribution in [1.29, 1.82) is 0 Å². The first-order valence-corrected chi connectivity index (χ1v) is 7.50. The average Bonchev–Trinajstić information content (AvgIpc) is 2.99. The van der Waals surface area contributed by atoms with E-state index in [1.54, 1.807) is 6.92 Å². The number of carbonyl (C=O) groups is 2. The van der Waals surface area contributed by atoms with Gasteiger partial charge in [-0.1, -0.05) is 31.1 Å². The SMILES string of the molecule is CC[C@H](C)c1ccc(NC(=O)COC(=O)c2cc(C)no2)cc1. The van der Waals surface area contributed by atoms with E-state index < -0.39 is 11.9 Å². The summed E-state index contributed by atoms with van der Waals surface area (Å²) >= 11 is 0. The molecule has 1 atom stereocenters. The number of esters is 1. The van der Waals surface area contributed by atoms with Gasteiger partial charge in [-0.15, -0.1) is 0 Å². The molecule has 0 spiro atoms. The molecule has 0 saturated heterocycles. The van der Waals surface area contributed by atoms with Gasteiger partial charge >= 0.3 is 5.97 Å². The summed E-state index contributed by atoms with van der Waals surface area (Å²) in [5.41, 5.74) is 2.45. The van der Waals surface area contributed by atoms with Crippen LogP contribution in [0.3, 0.4) is 0 Å². The summed E-state index contributed by atoms with van der Waals surface area (Å²) < 4.78 is 9.64. The fraction of sp³-hybridized carbons (Fsp3) is 0.353. The van der Waals surface area contributed by atoms with E-state index in [9.17, 15) is 9.59 Å². The highest BCUT2D eigenvalue weighted by Crippen LogP contribution is 2.20. The van der Waals surface area contributed by atoms with E-state index >= 15 is 0 Å². The first kappa shape index (κ1) is 16.7. The Morgan fingerprint density at radius 1 is 1.30 bits per heavy atom. The molecule has 2 aromatic rings. The van der Waals surface area contributed by atoms with Crippen LogP contribution in [-0.2, 0) is 9.53 Å². The lowest BCUT2D eigenvalue weighted by molar-refractivity contribution is -0.119. The molecular weight excluding hydrogens is 296 g/mol. The highest BCUT2D eigenvalue weighted by atomic mass is 16.6. The van der Waals surface area contributed by atoms with Crippen LogP contribution in [0.1, 0.15) is 48.0 Å². The summed E-state index contributed by atoms with van der Waals surface area (Å²) in [6.07, 6.45) is 1.06. The van der Waals surface area contributed by atoms with Crippen molar-refractivity contribution in [3.05, 3.63) is 47.3 Å². The lowest BCUT2D eigenvalue weighted by Crippen LogP contribution is -2.20. The standard InChI is InChI=1S/C17H20N2O4/c1-4-11(2)13-5-7-14(8-6-13)18-16(20)10-22-17(21)15-9-12(3)19-23-15/h5-9,11H,4,10H2,1-3H3,(H,18,20)/t11-/m0/s1. The summed E-state index contributed by atoms with van der Waals surface area (Å²) in [6.45, 7) is 5.59. The van der Waals surface area contributed by atoms with Crippen molar-refractivity contribution in [2.75, 3.05) is 11.9 Å². The average molecular weight is 316 g/mol. The van der Waals surface area contributed by atoms with Crippen LogP contribution in [0.15, 0.2) is 34.9 Å². The molecule has 1 N–H and O–H groups in total. The van der Waals surface area contributed by atoms with Gasteiger partial charge in [0, 0.05) is 11.8 Å². The van der Waals surface area contributed by atoms with Gasteiger partial charge in [0.15, 0.2) is 6.61 Å². The molecule has 0 aliphatic heterocycles. The normalized spacial score (nSPS) is 11.8. The summed E-state index contributed by atoms with van der Waals surface area (Å²) in [6, 6.07) is 9.08. The molecule has 0 aliphatic carbocycles. The van der Waals surface area contributed by atoms with Gasteiger partial charge in [0.25, 0.3) is 5.91 Å². The number of nitrogens with one attached hydrogen (secondary N) is 1. The van der Waals surface area contributed by atoms with E-state index in [0.29, 0.717) is 17.3 Å². The Morgan fingerprint density at radius 3 is 2.57 bits per heavy atom. The Bertz CT molecular complexity index is 676. The molecule has 2 rings (SSSR count). The molecule has 1 heterocycles. The number of aromatic nitrogens is 1. The quantitative estimate of drug-likeness (QED) is 0.827. The number of benzene rings is 1. The predicted octanol–water partition coefficient (Wildman–Crippen LogP) is 3.29. The minimum atomic E-state index is -0.715. The summed E-state index contributed by atoms with van der Waals surface area (Å²) in [4.78, 5) is 23.4. The number of hydrogen-bond donors (Lipinski definition) is 1. The molecule has 0 unspecified atom stereocenters. The van der Waals surface area contributed by atoms with Gasteiger partial charge in [-0.05, 0) is 37.0 Å². The van der Waals surface area contributed by atoms with Gasteiger partial charge in [-0.25, -0.2) is 4.79 Å². The van der Waals surface area contributed by atoms with E-state index in [1.165, 1.54) is 11.6 Å². The topological polar surface area (TPSA) is 81.4 Å². The zero-order valence-corrected chi connectivity index (χ0v) is 13.5. The van der Waals surface area contributed by atoms with E-state index in [2.05, 4.69) is 24.3 Å². The second-order valence-electron chi connectivity index (χ2n) is 5.39. The van der Waals surface area contributed by atoms with Crippen LogP contribution in [0, 0.1) is 6.92 Å². The largest absolute Gasteiger partial charge is 0.450 e. The number of amides is 1. The molecule has 1 aromatic heterocycles. The zero-order valence-electron chi connectivity index (χ0n) is 13.5. The molecule has 6 heteroatoms. The molecular formula is C17H20N2O4. The van der Waals surface area contributed by atoms with Crippen LogP contribution in [-0.4, -0.2) is 23.6 Å². The minimum absolute atomic E-state index is 0.0202. The van der Waals surface area contributed by atoms with E-state index in [0.717, 1.165) is 6.42 Å². The van der Waals surface area contributed by atoms with Crippen LogP contribution in [0.25, 0.3) is 0 Å². The van der Waals surface area contributed by atoms with Gasteiger partial charge in [-0.3, -0.25) is 4.79 Å². The highest BCUT2D eigenvalue weighted by molar-refractivity contribution is 5.94. The summed E-state index contributed by atoms with van der Waals surface area (Å²) in [5, 5.41) is 6.26. The predicted molar refractivity (Wildman–Crippen MR) is 85.3 cm³/mol. The van der Waals surface area contributed by atoms with Crippen molar-refractivity contribution in [3.63, 3.8) is 0 Å².